The summed E-state index contributed by atoms with van der Waals surface area (Å²) in [7, 11) is 0. The van der Waals surface area contributed by atoms with Gasteiger partial charge in [0.25, 0.3) is 0 Å². The molecule has 0 spiro atoms. The number of allylic oxidation sites excluding steroid dienone is 6. The average molecular weight is 700 g/mol. The number of fused-ring (bicyclic) bond motifs is 4. The molecule has 0 aliphatic rings. The first-order chi connectivity index (χ1) is 26.5. The molecule has 0 saturated heterocycles. The molecular formula is C47H37N7. The van der Waals surface area contributed by atoms with Crippen LogP contribution in [-0.2, 0) is 0 Å². The first kappa shape index (κ1) is 33.8. The Balaban J connectivity index is 1.23. The van der Waals surface area contributed by atoms with Gasteiger partial charge in [-0.1, -0.05) is 84.8 Å². The molecule has 0 saturated carbocycles. The Hall–Kier alpha value is -7.30. The van der Waals surface area contributed by atoms with Gasteiger partial charge in [0.15, 0.2) is 11.6 Å². The molecule has 8 aromatic rings. The van der Waals surface area contributed by atoms with Crippen LogP contribution in [0.2, 0.25) is 0 Å². The molecule has 4 heterocycles. The van der Waals surface area contributed by atoms with Crippen LogP contribution in [0.15, 0.2) is 152 Å². The van der Waals surface area contributed by atoms with E-state index in [9.17, 15) is 0 Å². The van der Waals surface area contributed by atoms with Gasteiger partial charge in [0.1, 0.15) is 5.69 Å². The molecule has 2 N–H and O–H groups in total. The van der Waals surface area contributed by atoms with Gasteiger partial charge in [0, 0.05) is 44.9 Å². The third-order valence-electron chi connectivity index (χ3n) is 9.47. The molecule has 7 heteroatoms. The lowest BCUT2D eigenvalue weighted by atomic mass is 10.1. The smallest absolute Gasteiger partial charge is 0.209 e. The number of nitrogens with two attached hydrogens (primary N) is 1. The van der Waals surface area contributed by atoms with E-state index in [1.165, 1.54) is 22.7 Å². The molecule has 0 amide bonds. The maximum absolute atomic E-state index is 5.55. The fourth-order valence-corrected chi connectivity index (χ4v) is 6.96. The summed E-state index contributed by atoms with van der Waals surface area (Å²) in [5, 5.41) is 3.51. The summed E-state index contributed by atoms with van der Waals surface area (Å²) >= 11 is 0. The van der Waals surface area contributed by atoms with E-state index >= 15 is 0 Å². The highest BCUT2D eigenvalue weighted by atomic mass is 15.0. The molecule has 54 heavy (non-hydrogen) atoms. The van der Waals surface area contributed by atoms with Crippen molar-refractivity contribution in [2.24, 2.45) is 5.73 Å². The zero-order valence-corrected chi connectivity index (χ0v) is 30.3. The Bertz CT molecular complexity index is 2860. The second-order valence-corrected chi connectivity index (χ2v) is 12.8. The lowest BCUT2D eigenvalue weighted by Crippen LogP contribution is -2.03. The van der Waals surface area contributed by atoms with Crippen molar-refractivity contribution < 1.29 is 0 Å². The fraction of sp³-hybridized carbons (Fsp3) is 0.0638. The van der Waals surface area contributed by atoms with Crippen LogP contribution in [0.5, 0.6) is 0 Å². The van der Waals surface area contributed by atoms with E-state index in [1.807, 2.05) is 43.4 Å². The van der Waals surface area contributed by atoms with E-state index in [4.69, 9.17) is 20.7 Å². The van der Waals surface area contributed by atoms with Gasteiger partial charge in [-0.2, -0.15) is 4.98 Å². The number of hydrogen-bond donors (Lipinski definition) is 1. The van der Waals surface area contributed by atoms with E-state index in [1.54, 1.807) is 12.3 Å². The van der Waals surface area contributed by atoms with Crippen molar-refractivity contribution >= 4 is 50.1 Å². The zero-order chi connectivity index (χ0) is 37.0. The van der Waals surface area contributed by atoms with Gasteiger partial charge in [-0.25, -0.2) is 9.97 Å². The quantitative estimate of drug-likeness (QED) is 0.132. The molecule has 0 aliphatic heterocycles. The number of aryl methyl sites for hydroxylation is 1. The third kappa shape index (κ3) is 6.38. The first-order valence-electron chi connectivity index (χ1n) is 17.8. The topological polar surface area (TPSA) is 87.4 Å². The van der Waals surface area contributed by atoms with Gasteiger partial charge in [0.05, 0.1) is 22.2 Å². The van der Waals surface area contributed by atoms with Crippen molar-refractivity contribution in [3.05, 3.63) is 180 Å². The lowest BCUT2D eigenvalue weighted by molar-refractivity contribution is 0.995. The van der Waals surface area contributed by atoms with Crippen LogP contribution in [0, 0.1) is 18.8 Å². The van der Waals surface area contributed by atoms with Crippen molar-refractivity contribution in [2.75, 3.05) is 0 Å². The highest BCUT2D eigenvalue weighted by molar-refractivity contribution is 6.11. The minimum atomic E-state index is 0.355. The summed E-state index contributed by atoms with van der Waals surface area (Å²) in [5.41, 5.74) is 15.9. The molecule has 260 valence electrons. The SMILES string of the molecule is C\C=C(/C=C\C=C/N)c1nc(C#Cc2ccc3c(c2)c2ccccc2n3/C(C)=C/c2c(C)c3ccccc3n2-c2ccccc2)nc(-c2ccccn2)n1. The van der Waals surface area contributed by atoms with Crippen LogP contribution < -0.4 is 5.73 Å². The molecule has 0 bridgehead atoms. The number of aromatic nitrogens is 6. The summed E-state index contributed by atoms with van der Waals surface area (Å²) in [6.07, 6.45) is 12.9. The third-order valence-corrected chi connectivity index (χ3v) is 9.47. The Morgan fingerprint density at radius 3 is 2.24 bits per heavy atom. The lowest BCUT2D eigenvalue weighted by Gasteiger charge is -2.12. The molecule has 0 aliphatic carbocycles. The van der Waals surface area contributed by atoms with Crippen LogP contribution in [-0.4, -0.2) is 29.1 Å². The van der Waals surface area contributed by atoms with Crippen LogP contribution in [0.3, 0.4) is 0 Å². The second-order valence-electron chi connectivity index (χ2n) is 12.8. The summed E-state index contributed by atoms with van der Waals surface area (Å²) in [4.78, 5) is 18.7. The fourth-order valence-electron chi connectivity index (χ4n) is 6.96. The Morgan fingerprint density at radius 1 is 0.722 bits per heavy atom. The van der Waals surface area contributed by atoms with Crippen molar-refractivity contribution in [2.45, 2.75) is 20.8 Å². The summed E-state index contributed by atoms with van der Waals surface area (Å²) in [5.74, 6) is 7.88. The Morgan fingerprint density at radius 2 is 1.46 bits per heavy atom. The van der Waals surface area contributed by atoms with Crippen LogP contribution >= 0.6 is 0 Å². The summed E-state index contributed by atoms with van der Waals surface area (Å²) in [6, 6.07) is 39.7. The molecule has 4 aromatic carbocycles. The number of benzene rings is 4. The normalized spacial score (nSPS) is 12.4. The molecule has 4 aromatic heterocycles. The van der Waals surface area contributed by atoms with Gasteiger partial charge < -0.3 is 14.9 Å². The number of nitrogens with zero attached hydrogens (tertiary/aromatic N) is 6. The Labute approximate surface area is 314 Å². The molecule has 0 radical (unpaired) electrons. The van der Waals surface area contributed by atoms with Gasteiger partial charge in [0.2, 0.25) is 5.82 Å². The first-order valence-corrected chi connectivity index (χ1v) is 17.8. The van der Waals surface area contributed by atoms with Crippen LogP contribution in [0.4, 0.5) is 0 Å². The van der Waals surface area contributed by atoms with Gasteiger partial charge >= 0.3 is 0 Å². The average Bonchev–Trinajstić information content (AvgIpc) is 3.70. The van der Waals surface area contributed by atoms with E-state index < -0.39 is 0 Å². The molecule has 0 fully saturated rings. The summed E-state index contributed by atoms with van der Waals surface area (Å²) < 4.78 is 4.70. The highest BCUT2D eigenvalue weighted by Crippen LogP contribution is 2.35. The van der Waals surface area contributed by atoms with Crippen LogP contribution in [0.25, 0.3) is 67.3 Å². The minimum Gasteiger partial charge on any atom is -0.405 e. The van der Waals surface area contributed by atoms with Crippen molar-refractivity contribution in [3.8, 4) is 29.0 Å². The molecule has 8 rings (SSSR count). The number of para-hydroxylation sites is 3. The van der Waals surface area contributed by atoms with Crippen molar-refractivity contribution in [1.82, 2.24) is 29.1 Å². The number of hydrogen-bond acceptors (Lipinski definition) is 5. The van der Waals surface area contributed by atoms with Gasteiger partial charge in [-0.3, -0.25) is 4.98 Å². The molecule has 7 nitrogen and oxygen atoms in total. The summed E-state index contributed by atoms with van der Waals surface area (Å²) in [6.45, 7) is 6.33. The minimum absolute atomic E-state index is 0.355. The van der Waals surface area contributed by atoms with E-state index in [-0.39, 0.29) is 0 Å². The van der Waals surface area contributed by atoms with Gasteiger partial charge in [-0.15, -0.1) is 0 Å². The monoisotopic (exact) mass is 699 g/mol. The van der Waals surface area contributed by atoms with E-state index in [0.29, 0.717) is 23.2 Å². The molecule has 0 unspecified atom stereocenters. The Kier molecular flexibility index (Phi) is 9.23. The number of rotatable bonds is 7. The van der Waals surface area contributed by atoms with Crippen molar-refractivity contribution in [1.29, 1.82) is 0 Å². The van der Waals surface area contributed by atoms with E-state index in [2.05, 4.69) is 143 Å². The van der Waals surface area contributed by atoms with Crippen LogP contribution in [0.1, 0.15) is 42.3 Å². The number of pyridine rings is 1. The molecule has 0 atom stereocenters. The standard InChI is InChI=1S/C47H37N7/c1-4-35(16-12-14-28-48)46-50-45(51-47(52-46)40-21-13-15-29-49-40)27-25-34-24-26-43-39(31-34)38-20-9-11-23-42(38)53(43)32(2)30-44-33(3)37-19-8-10-22-41(37)54(44)36-17-6-5-7-18-36/h4-24,26,28-31H,48H2,1-3H3/b16-12-,28-14-,32-30+,35-4+. The predicted octanol–water partition coefficient (Wildman–Crippen LogP) is 10.1. The zero-order valence-electron chi connectivity index (χ0n) is 30.3. The maximum Gasteiger partial charge on any atom is 0.209 e. The predicted molar refractivity (Wildman–Crippen MR) is 222 cm³/mol. The highest BCUT2D eigenvalue weighted by Gasteiger charge is 2.17. The maximum atomic E-state index is 5.55. The molecular weight excluding hydrogens is 663 g/mol. The van der Waals surface area contributed by atoms with E-state index in [0.717, 1.165) is 50.0 Å². The second kappa shape index (κ2) is 14.7. The van der Waals surface area contributed by atoms with Gasteiger partial charge in [-0.05, 0) is 105 Å². The van der Waals surface area contributed by atoms with Crippen molar-refractivity contribution in [3.63, 3.8) is 0 Å². The largest absolute Gasteiger partial charge is 0.405 e.